The van der Waals surface area contributed by atoms with Crippen molar-refractivity contribution in [1.82, 2.24) is 4.31 Å². The number of amides is 1. The maximum Gasteiger partial charge on any atom is 0.338 e. The van der Waals surface area contributed by atoms with E-state index in [1.807, 2.05) is 18.2 Å². The molecular formula is C24H24N2O5S. The summed E-state index contributed by atoms with van der Waals surface area (Å²) in [6.07, 6.45) is 0. The van der Waals surface area contributed by atoms with Crippen molar-refractivity contribution in [1.29, 1.82) is 0 Å². The highest BCUT2D eigenvalue weighted by Crippen LogP contribution is 2.19. The Morgan fingerprint density at radius 2 is 1.47 bits per heavy atom. The van der Waals surface area contributed by atoms with E-state index in [0.717, 1.165) is 9.87 Å². The topological polar surface area (TPSA) is 92.8 Å². The molecule has 166 valence electrons. The SMILES string of the molecule is CCOC(=O)c1ccc(NC(=O)CN(Cc2ccccc2)S(=O)(=O)c2ccccc2)cc1. The molecule has 8 heteroatoms. The fourth-order valence-corrected chi connectivity index (χ4v) is 4.42. The number of esters is 1. The zero-order chi connectivity index (χ0) is 23.0. The lowest BCUT2D eigenvalue weighted by atomic mass is 10.2. The van der Waals surface area contributed by atoms with Gasteiger partial charge in [-0.1, -0.05) is 48.5 Å². The number of nitrogens with one attached hydrogen (secondary N) is 1. The lowest BCUT2D eigenvalue weighted by molar-refractivity contribution is -0.116. The molecule has 0 aliphatic rings. The first-order chi connectivity index (χ1) is 15.4. The molecule has 0 aliphatic carbocycles. The largest absolute Gasteiger partial charge is 0.462 e. The molecule has 1 amide bonds. The smallest absolute Gasteiger partial charge is 0.338 e. The molecule has 0 heterocycles. The van der Waals surface area contributed by atoms with Crippen LogP contribution in [0.4, 0.5) is 5.69 Å². The first kappa shape index (κ1) is 23.2. The Hall–Kier alpha value is -3.49. The summed E-state index contributed by atoms with van der Waals surface area (Å²) in [5.74, 6) is -0.947. The van der Waals surface area contributed by atoms with Crippen molar-refractivity contribution in [3.63, 3.8) is 0 Å². The van der Waals surface area contributed by atoms with Crippen molar-refractivity contribution < 1.29 is 22.7 Å². The summed E-state index contributed by atoms with van der Waals surface area (Å²) in [7, 11) is -3.90. The normalized spacial score (nSPS) is 11.2. The van der Waals surface area contributed by atoms with Gasteiger partial charge in [0.05, 0.1) is 23.6 Å². The van der Waals surface area contributed by atoms with E-state index in [2.05, 4.69) is 5.32 Å². The van der Waals surface area contributed by atoms with Crippen LogP contribution in [0.15, 0.2) is 89.8 Å². The molecule has 0 saturated carbocycles. The van der Waals surface area contributed by atoms with Crippen molar-refractivity contribution >= 4 is 27.6 Å². The molecule has 1 N–H and O–H groups in total. The van der Waals surface area contributed by atoms with Crippen molar-refractivity contribution in [3.8, 4) is 0 Å². The maximum atomic E-state index is 13.2. The average Bonchev–Trinajstić information content (AvgIpc) is 2.80. The van der Waals surface area contributed by atoms with Crippen LogP contribution in [-0.4, -0.2) is 37.8 Å². The van der Waals surface area contributed by atoms with Crippen molar-refractivity contribution in [2.24, 2.45) is 0 Å². The van der Waals surface area contributed by atoms with Gasteiger partial charge in [0.1, 0.15) is 0 Å². The molecule has 0 spiro atoms. The third-order valence-corrected chi connectivity index (χ3v) is 6.39. The Bertz CT molecular complexity index is 1150. The minimum absolute atomic E-state index is 0.0489. The highest BCUT2D eigenvalue weighted by molar-refractivity contribution is 7.89. The fraction of sp³-hybridized carbons (Fsp3) is 0.167. The van der Waals surface area contributed by atoms with Crippen LogP contribution in [-0.2, 0) is 26.1 Å². The van der Waals surface area contributed by atoms with Crippen LogP contribution in [0.3, 0.4) is 0 Å². The fourth-order valence-electron chi connectivity index (χ4n) is 3.02. The number of rotatable bonds is 9. The average molecular weight is 453 g/mol. The van der Waals surface area contributed by atoms with Gasteiger partial charge in [-0.3, -0.25) is 4.79 Å². The van der Waals surface area contributed by atoms with E-state index in [-0.39, 0.29) is 24.6 Å². The molecule has 0 fully saturated rings. The zero-order valence-corrected chi connectivity index (χ0v) is 18.4. The van der Waals surface area contributed by atoms with Gasteiger partial charge in [0.2, 0.25) is 15.9 Å². The summed E-state index contributed by atoms with van der Waals surface area (Å²) in [5.41, 5.74) is 1.57. The van der Waals surface area contributed by atoms with Gasteiger partial charge in [-0.2, -0.15) is 4.31 Å². The van der Waals surface area contributed by atoms with Crippen LogP contribution in [0.2, 0.25) is 0 Å². The van der Waals surface area contributed by atoms with Crippen LogP contribution >= 0.6 is 0 Å². The van der Waals surface area contributed by atoms with E-state index in [4.69, 9.17) is 4.74 Å². The molecule has 3 rings (SSSR count). The lowest BCUT2D eigenvalue weighted by Gasteiger charge is -2.22. The monoisotopic (exact) mass is 452 g/mol. The van der Waals surface area contributed by atoms with Crippen LogP contribution in [0.5, 0.6) is 0 Å². The van der Waals surface area contributed by atoms with Gasteiger partial charge >= 0.3 is 5.97 Å². The van der Waals surface area contributed by atoms with Gasteiger partial charge in [-0.05, 0) is 48.9 Å². The van der Waals surface area contributed by atoms with E-state index in [1.165, 1.54) is 24.3 Å². The highest BCUT2D eigenvalue weighted by atomic mass is 32.2. The molecule has 0 unspecified atom stereocenters. The van der Waals surface area contributed by atoms with E-state index >= 15 is 0 Å². The second-order valence-electron chi connectivity index (χ2n) is 6.92. The minimum atomic E-state index is -3.90. The third-order valence-electron chi connectivity index (χ3n) is 4.58. The minimum Gasteiger partial charge on any atom is -0.462 e. The standard InChI is InChI=1S/C24H24N2O5S/c1-2-31-24(28)20-13-15-21(16-14-20)25-23(27)18-26(17-19-9-5-3-6-10-19)32(29,30)22-11-7-4-8-12-22/h3-16H,2,17-18H2,1H3,(H,25,27). The van der Waals surface area contributed by atoms with E-state index in [9.17, 15) is 18.0 Å². The molecule has 0 atom stereocenters. The molecule has 0 aromatic heterocycles. The molecule has 0 radical (unpaired) electrons. The summed E-state index contributed by atoms with van der Waals surface area (Å²) in [6, 6.07) is 23.3. The second-order valence-corrected chi connectivity index (χ2v) is 8.86. The third kappa shape index (κ3) is 6.03. The molecular weight excluding hydrogens is 428 g/mol. The Morgan fingerprint density at radius 1 is 0.875 bits per heavy atom. The summed E-state index contributed by atoms with van der Waals surface area (Å²) in [5, 5.41) is 2.68. The lowest BCUT2D eigenvalue weighted by Crippen LogP contribution is -2.37. The predicted octanol–water partition coefficient (Wildman–Crippen LogP) is 3.69. The first-order valence-electron chi connectivity index (χ1n) is 10.1. The summed E-state index contributed by atoms with van der Waals surface area (Å²) in [6.45, 7) is 1.67. The van der Waals surface area contributed by atoms with Gasteiger partial charge in [-0.15, -0.1) is 0 Å². The zero-order valence-electron chi connectivity index (χ0n) is 17.6. The predicted molar refractivity (Wildman–Crippen MR) is 122 cm³/mol. The molecule has 3 aromatic carbocycles. The number of sulfonamides is 1. The van der Waals surface area contributed by atoms with E-state index < -0.39 is 21.9 Å². The highest BCUT2D eigenvalue weighted by Gasteiger charge is 2.26. The van der Waals surface area contributed by atoms with Gasteiger partial charge in [-0.25, -0.2) is 13.2 Å². The Morgan fingerprint density at radius 3 is 2.06 bits per heavy atom. The number of ether oxygens (including phenoxy) is 1. The second kappa shape index (κ2) is 10.7. The number of anilines is 1. The van der Waals surface area contributed by atoms with Crippen LogP contribution in [0.25, 0.3) is 0 Å². The summed E-state index contributed by atoms with van der Waals surface area (Å²) >= 11 is 0. The van der Waals surface area contributed by atoms with Crippen molar-refractivity contribution in [2.45, 2.75) is 18.4 Å². The van der Waals surface area contributed by atoms with Crippen LogP contribution < -0.4 is 5.32 Å². The number of hydrogen-bond acceptors (Lipinski definition) is 5. The van der Waals surface area contributed by atoms with Gasteiger partial charge in [0, 0.05) is 12.2 Å². The molecule has 0 saturated heterocycles. The van der Waals surface area contributed by atoms with Crippen LogP contribution in [0, 0.1) is 0 Å². The quantitative estimate of drug-likeness (QED) is 0.500. The number of nitrogens with zero attached hydrogens (tertiary/aromatic N) is 1. The van der Waals surface area contributed by atoms with Gasteiger partial charge in [0.15, 0.2) is 0 Å². The number of benzene rings is 3. The number of carbonyl (C=O) groups is 2. The van der Waals surface area contributed by atoms with Gasteiger partial charge < -0.3 is 10.1 Å². The van der Waals surface area contributed by atoms with Crippen molar-refractivity contribution in [3.05, 3.63) is 96.1 Å². The summed E-state index contributed by atoms with van der Waals surface area (Å²) < 4.78 is 32.5. The van der Waals surface area contributed by atoms with Crippen molar-refractivity contribution in [2.75, 3.05) is 18.5 Å². The molecule has 0 bridgehead atoms. The van der Waals surface area contributed by atoms with Gasteiger partial charge in [0.25, 0.3) is 0 Å². The Kier molecular flexibility index (Phi) is 7.75. The molecule has 0 aliphatic heterocycles. The maximum absolute atomic E-state index is 13.2. The number of carbonyl (C=O) groups excluding carboxylic acids is 2. The van der Waals surface area contributed by atoms with E-state index in [0.29, 0.717) is 11.3 Å². The molecule has 3 aromatic rings. The Balaban J connectivity index is 1.77. The van der Waals surface area contributed by atoms with Crippen LogP contribution in [0.1, 0.15) is 22.8 Å². The first-order valence-corrected chi connectivity index (χ1v) is 11.5. The Labute approximate surface area is 187 Å². The molecule has 7 nitrogen and oxygen atoms in total. The summed E-state index contributed by atoms with van der Waals surface area (Å²) in [4.78, 5) is 24.6. The van der Waals surface area contributed by atoms with E-state index in [1.54, 1.807) is 49.4 Å². The molecule has 32 heavy (non-hydrogen) atoms. The number of hydrogen-bond donors (Lipinski definition) is 1.